The predicted molar refractivity (Wildman–Crippen MR) is 61.0 cm³/mol. The Kier molecular flexibility index (Phi) is 8.90. The third kappa shape index (κ3) is 7.91. The molecule has 0 amide bonds. The summed E-state index contributed by atoms with van der Waals surface area (Å²) in [4.78, 5) is 0. The number of alkyl halides is 1. The van der Waals surface area contributed by atoms with E-state index < -0.39 is 9.28 Å². The van der Waals surface area contributed by atoms with Crippen LogP contribution < -0.4 is 0 Å². The number of allylic oxidation sites excluding steroid dienone is 2. The Hall–Kier alpha value is -0.196. The summed E-state index contributed by atoms with van der Waals surface area (Å²) in [7, 11) is -1.76. The van der Waals surface area contributed by atoms with Gasteiger partial charge in [0.05, 0.1) is 17.0 Å². The molecule has 0 aliphatic carbocycles. The first-order valence-electron chi connectivity index (χ1n) is 3.26. The molecule has 0 N–H and O–H groups in total. The Morgan fingerprint density at radius 2 is 1.58 bits per heavy atom. The van der Waals surface area contributed by atoms with Crippen LogP contribution >= 0.6 is 11.6 Å². The van der Waals surface area contributed by atoms with Gasteiger partial charge in [0, 0.05) is 0 Å². The van der Waals surface area contributed by atoms with Gasteiger partial charge in [0.2, 0.25) is 0 Å². The molecular formula is C7H17ClO2Si2. The van der Waals surface area contributed by atoms with E-state index in [-0.39, 0.29) is 11.0 Å². The van der Waals surface area contributed by atoms with Gasteiger partial charge < -0.3 is 8.85 Å². The van der Waals surface area contributed by atoms with Crippen LogP contribution in [0.15, 0.2) is 24.7 Å². The molecule has 0 atom stereocenters. The van der Waals surface area contributed by atoms with E-state index in [2.05, 4.69) is 13.2 Å². The maximum Gasteiger partial charge on any atom is 0.459 e. The monoisotopic (exact) mass is 224 g/mol. The molecule has 0 aliphatic heterocycles. The van der Waals surface area contributed by atoms with Crippen molar-refractivity contribution in [3.63, 3.8) is 0 Å². The van der Waals surface area contributed by atoms with Crippen molar-refractivity contribution in [2.45, 2.75) is 13.8 Å². The van der Waals surface area contributed by atoms with E-state index in [4.69, 9.17) is 20.5 Å². The summed E-state index contributed by atoms with van der Waals surface area (Å²) in [6.45, 7) is 10.7. The van der Waals surface area contributed by atoms with Crippen LogP contribution in [0.3, 0.4) is 0 Å². The standard InChI is InChI=1S/C7H13ClO2Si.H4Si/c1-6(2)9-11(5-8)10-7(3)4;/h11H,1,3,5H2,2,4H3;1H4. The first kappa shape index (κ1) is 14.3. The summed E-state index contributed by atoms with van der Waals surface area (Å²) in [5.41, 5.74) is 0.403. The minimum atomic E-state index is -1.76. The van der Waals surface area contributed by atoms with Crippen molar-refractivity contribution in [2.24, 2.45) is 0 Å². The van der Waals surface area contributed by atoms with Crippen molar-refractivity contribution >= 4 is 31.9 Å². The lowest BCUT2D eigenvalue weighted by Gasteiger charge is -2.15. The zero-order valence-corrected chi connectivity index (χ0v) is 8.80. The number of rotatable bonds is 5. The van der Waals surface area contributed by atoms with E-state index >= 15 is 0 Å². The second-order valence-corrected chi connectivity index (χ2v) is 4.79. The van der Waals surface area contributed by atoms with Gasteiger partial charge >= 0.3 is 9.28 Å². The van der Waals surface area contributed by atoms with Gasteiger partial charge in [-0.25, -0.2) is 0 Å². The van der Waals surface area contributed by atoms with Gasteiger partial charge in [-0.15, -0.1) is 11.6 Å². The lowest BCUT2D eigenvalue weighted by molar-refractivity contribution is 0.303. The van der Waals surface area contributed by atoms with Crippen molar-refractivity contribution in [3.05, 3.63) is 24.7 Å². The van der Waals surface area contributed by atoms with Gasteiger partial charge in [0.1, 0.15) is 0 Å². The van der Waals surface area contributed by atoms with Crippen LogP contribution in [0, 0.1) is 0 Å². The Labute approximate surface area is 85.1 Å². The smallest absolute Gasteiger partial charge is 0.459 e. The Morgan fingerprint density at radius 3 is 1.75 bits per heavy atom. The van der Waals surface area contributed by atoms with Crippen molar-refractivity contribution in [1.29, 1.82) is 0 Å². The van der Waals surface area contributed by atoms with E-state index in [1.54, 1.807) is 13.8 Å². The van der Waals surface area contributed by atoms with Crippen LogP contribution in [0.2, 0.25) is 0 Å². The first-order chi connectivity index (χ1) is 5.06. The zero-order chi connectivity index (χ0) is 8.85. The average molecular weight is 225 g/mol. The number of hydrogen-bond donors (Lipinski definition) is 0. The number of hydrogen-bond acceptors (Lipinski definition) is 2. The molecule has 0 saturated heterocycles. The van der Waals surface area contributed by atoms with Crippen molar-refractivity contribution < 1.29 is 8.85 Å². The van der Waals surface area contributed by atoms with Crippen LogP contribution in [0.5, 0.6) is 0 Å². The lowest BCUT2D eigenvalue weighted by atomic mass is 10.7. The van der Waals surface area contributed by atoms with Crippen LogP contribution in [0.25, 0.3) is 0 Å². The van der Waals surface area contributed by atoms with Crippen LogP contribution in [0.4, 0.5) is 0 Å². The quantitative estimate of drug-likeness (QED) is 0.388. The Morgan fingerprint density at radius 1 is 1.25 bits per heavy atom. The zero-order valence-electron chi connectivity index (χ0n) is 6.89. The Bertz CT molecular complexity index is 145. The Balaban J connectivity index is 0. The third-order valence-corrected chi connectivity index (χ3v) is 3.13. The molecular weight excluding hydrogens is 208 g/mol. The molecule has 2 nitrogen and oxygen atoms in total. The van der Waals surface area contributed by atoms with Crippen LogP contribution in [-0.2, 0) is 8.85 Å². The second-order valence-electron chi connectivity index (χ2n) is 2.22. The highest BCUT2D eigenvalue weighted by atomic mass is 35.5. The molecule has 12 heavy (non-hydrogen) atoms. The summed E-state index contributed by atoms with van der Waals surface area (Å²) in [5, 5.41) is 0. The molecule has 0 heterocycles. The van der Waals surface area contributed by atoms with E-state index in [1.807, 2.05) is 0 Å². The van der Waals surface area contributed by atoms with E-state index in [0.29, 0.717) is 17.0 Å². The van der Waals surface area contributed by atoms with Crippen molar-refractivity contribution in [2.75, 3.05) is 5.50 Å². The molecule has 0 aromatic heterocycles. The fourth-order valence-electron chi connectivity index (χ4n) is 0.536. The maximum absolute atomic E-state index is 5.59. The predicted octanol–water partition coefficient (Wildman–Crippen LogP) is 0.634. The SMILES string of the molecule is C=C(C)O[SiH](CCl)OC(=C)C.[SiH4]. The molecule has 72 valence electrons. The molecule has 5 heteroatoms. The fourth-order valence-corrected chi connectivity index (χ4v) is 1.99. The highest BCUT2D eigenvalue weighted by Gasteiger charge is 2.13. The first-order valence-corrected chi connectivity index (χ1v) is 5.56. The van der Waals surface area contributed by atoms with Crippen molar-refractivity contribution in [3.8, 4) is 0 Å². The molecule has 0 bridgehead atoms. The van der Waals surface area contributed by atoms with Gasteiger partial charge in [-0.05, 0) is 24.8 Å². The van der Waals surface area contributed by atoms with Gasteiger partial charge in [-0.1, -0.05) is 13.2 Å². The normalized spacial score (nSPS) is 8.67. The molecule has 0 radical (unpaired) electrons. The summed E-state index contributed by atoms with van der Waals surface area (Å²) < 4.78 is 10.5. The molecule has 0 saturated carbocycles. The molecule has 0 aliphatic rings. The minimum Gasteiger partial charge on any atom is -0.518 e. The molecule has 0 fully saturated rings. The molecule has 0 rings (SSSR count). The van der Waals surface area contributed by atoms with Gasteiger partial charge in [-0.2, -0.15) is 0 Å². The van der Waals surface area contributed by atoms with E-state index in [0.717, 1.165) is 0 Å². The van der Waals surface area contributed by atoms with Gasteiger partial charge in [-0.3, -0.25) is 0 Å². The van der Waals surface area contributed by atoms with Gasteiger partial charge in [0.25, 0.3) is 0 Å². The average Bonchev–Trinajstić information content (AvgIpc) is 1.84. The largest absolute Gasteiger partial charge is 0.518 e. The topological polar surface area (TPSA) is 18.5 Å². The molecule has 0 unspecified atom stereocenters. The fraction of sp³-hybridized carbons (Fsp3) is 0.429. The highest BCUT2D eigenvalue weighted by molar-refractivity contribution is 6.56. The van der Waals surface area contributed by atoms with Crippen molar-refractivity contribution in [1.82, 2.24) is 0 Å². The lowest BCUT2D eigenvalue weighted by Crippen LogP contribution is -2.23. The molecule has 0 spiro atoms. The third-order valence-electron chi connectivity index (χ3n) is 0.791. The molecule has 0 aromatic carbocycles. The highest BCUT2D eigenvalue weighted by Crippen LogP contribution is 2.03. The van der Waals surface area contributed by atoms with Crippen LogP contribution in [-0.4, -0.2) is 25.8 Å². The van der Waals surface area contributed by atoms with Gasteiger partial charge in [0.15, 0.2) is 0 Å². The van der Waals surface area contributed by atoms with E-state index in [1.165, 1.54) is 0 Å². The summed E-state index contributed by atoms with van der Waals surface area (Å²) in [5.74, 6) is 1.28. The second kappa shape index (κ2) is 7.45. The molecule has 0 aromatic rings. The van der Waals surface area contributed by atoms with Crippen LogP contribution in [0.1, 0.15) is 13.8 Å². The maximum atomic E-state index is 5.59. The summed E-state index contributed by atoms with van der Waals surface area (Å²) in [6, 6.07) is 0. The minimum absolute atomic E-state index is 0. The summed E-state index contributed by atoms with van der Waals surface area (Å²) >= 11 is 5.59. The summed E-state index contributed by atoms with van der Waals surface area (Å²) in [6.07, 6.45) is 0. The van der Waals surface area contributed by atoms with E-state index in [9.17, 15) is 0 Å². The number of halogens is 1.